The van der Waals surface area contributed by atoms with Gasteiger partial charge in [-0.05, 0) is 37.1 Å². The average molecular weight is 368 g/mol. The van der Waals surface area contributed by atoms with Crippen molar-refractivity contribution in [3.63, 3.8) is 0 Å². The van der Waals surface area contributed by atoms with Crippen LogP contribution in [0.2, 0.25) is 5.02 Å². The lowest BCUT2D eigenvalue weighted by atomic mass is 9.89. The highest BCUT2D eigenvalue weighted by Gasteiger charge is 2.22. The van der Waals surface area contributed by atoms with E-state index in [2.05, 4.69) is 15.5 Å². The van der Waals surface area contributed by atoms with E-state index in [0.29, 0.717) is 5.13 Å². The quantitative estimate of drug-likeness (QED) is 0.755. The molecule has 1 aliphatic carbocycles. The van der Waals surface area contributed by atoms with Gasteiger partial charge in [0, 0.05) is 15.8 Å². The number of benzene rings is 1. The Labute approximate surface area is 149 Å². The number of carbonyl (C=O) groups is 1. The molecule has 1 aliphatic rings. The Kier molecular flexibility index (Phi) is 5.91. The molecule has 1 heterocycles. The SMILES string of the molecule is O=C(Nc1nnc(CSc2ccc(Cl)cc2)s1)C1CCCCC1. The predicted molar refractivity (Wildman–Crippen MR) is 96.1 cm³/mol. The molecule has 1 amide bonds. The van der Waals surface area contributed by atoms with Gasteiger partial charge >= 0.3 is 0 Å². The van der Waals surface area contributed by atoms with Crippen molar-refractivity contribution >= 4 is 45.7 Å². The Morgan fingerprint density at radius 3 is 2.70 bits per heavy atom. The first-order chi connectivity index (χ1) is 11.2. The normalized spacial score (nSPS) is 15.5. The fourth-order valence-corrected chi connectivity index (χ4v) is 4.36. The van der Waals surface area contributed by atoms with Crippen molar-refractivity contribution in [1.82, 2.24) is 10.2 Å². The van der Waals surface area contributed by atoms with Gasteiger partial charge in [0.05, 0.1) is 5.75 Å². The number of hydrogen-bond donors (Lipinski definition) is 1. The summed E-state index contributed by atoms with van der Waals surface area (Å²) in [5, 5.41) is 13.4. The third kappa shape index (κ3) is 4.93. The minimum atomic E-state index is 0.0951. The molecule has 0 bridgehead atoms. The van der Waals surface area contributed by atoms with Crippen LogP contribution in [0.15, 0.2) is 29.2 Å². The lowest BCUT2D eigenvalue weighted by Gasteiger charge is -2.19. The second kappa shape index (κ2) is 8.13. The van der Waals surface area contributed by atoms with Crippen LogP contribution < -0.4 is 5.32 Å². The lowest BCUT2D eigenvalue weighted by molar-refractivity contribution is -0.120. The number of halogens is 1. The summed E-state index contributed by atoms with van der Waals surface area (Å²) in [6, 6.07) is 7.72. The zero-order valence-corrected chi connectivity index (χ0v) is 15.0. The predicted octanol–water partition coefficient (Wildman–Crippen LogP) is 5.00. The molecule has 2 aromatic rings. The average Bonchev–Trinajstić information content (AvgIpc) is 3.02. The van der Waals surface area contributed by atoms with Gasteiger partial charge in [0.25, 0.3) is 0 Å². The Bertz CT molecular complexity index is 654. The molecule has 1 aromatic heterocycles. The minimum absolute atomic E-state index is 0.0951. The van der Waals surface area contributed by atoms with E-state index in [9.17, 15) is 4.79 Å². The van der Waals surface area contributed by atoms with Gasteiger partial charge in [-0.25, -0.2) is 0 Å². The van der Waals surface area contributed by atoms with E-state index in [4.69, 9.17) is 11.6 Å². The van der Waals surface area contributed by atoms with Crippen molar-refractivity contribution in [2.24, 2.45) is 5.92 Å². The molecule has 0 saturated heterocycles. The van der Waals surface area contributed by atoms with E-state index in [-0.39, 0.29) is 11.8 Å². The van der Waals surface area contributed by atoms with Gasteiger partial charge in [-0.15, -0.1) is 22.0 Å². The van der Waals surface area contributed by atoms with Gasteiger partial charge in [0.2, 0.25) is 11.0 Å². The van der Waals surface area contributed by atoms with E-state index < -0.39 is 0 Å². The second-order valence-electron chi connectivity index (χ2n) is 5.57. The molecule has 0 atom stereocenters. The maximum Gasteiger partial charge on any atom is 0.229 e. The van der Waals surface area contributed by atoms with Crippen molar-refractivity contribution in [3.05, 3.63) is 34.3 Å². The first-order valence-corrected chi connectivity index (χ1v) is 9.90. The maximum absolute atomic E-state index is 12.2. The summed E-state index contributed by atoms with van der Waals surface area (Å²) in [6.45, 7) is 0. The van der Waals surface area contributed by atoms with Gasteiger partial charge in [-0.2, -0.15) is 0 Å². The summed E-state index contributed by atoms with van der Waals surface area (Å²) in [4.78, 5) is 13.3. The number of nitrogens with one attached hydrogen (secondary N) is 1. The standard InChI is InChI=1S/C16H18ClN3OS2/c17-12-6-8-13(9-7-12)22-10-14-19-20-16(23-14)18-15(21)11-4-2-1-3-5-11/h6-9,11H,1-5,10H2,(H,18,20,21). The molecule has 1 N–H and O–H groups in total. The van der Waals surface area contributed by atoms with E-state index in [1.807, 2.05) is 24.3 Å². The highest BCUT2D eigenvalue weighted by atomic mass is 35.5. The summed E-state index contributed by atoms with van der Waals surface area (Å²) in [6.07, 6.45) is 5.52. The fourth-order valence-electron chi connectivity index (χ4n) is 2.61. The molecule has 3 rings (SSSR count). The van der Waals surface area contributed by atoms with Crippen LogP contribution in [0.5, 0.6) is 0 Å². The zero-order chi connectivity index (χ0) is 16.1. The molecule has 4 nitrogen and oxygen atoms in total. The van der Waals surface area contributed by atoms with Crippen LogP contribution in [-0.4, -0.2) is 16.1 Å². The van der Waals surface area contributed by atoms with Crippen molar-refractivity contribution < 1.29 is 4.79 Å². The Hall–Kier alpha value is -1.11. The molecule has 1 aromatic carbocycles. The Morgan fingerprint density at radius 2 is 1.96 bits per heavy atom. The number of amides is 1. The molecule has 7 heteroatoms. The number of hydrogen-bond acceptors (Lipinski definition) is 5. The first-order valence-electron chi connectivity index (χ1n) is 7.72. The number of thioether (sulfide) groups is 1. The summed E-state index contributed by atoms with van der Waals surface area (Å²) in [5.41, 5.74) is 0. The summed E-state index contributed by atoms with van der Waals surface area (Å²) in [5.74, 6) is 0.968. The molecule has 23 heavy (non-hydrogen) atoms. The summed E-state index contributed by atoms with van der Waals surface area (Å²) in [7, 11) is 0. The second-order valence-corrected chi connectivity index (χ2v) is 8.11. The molecule has 0 aliphatic heterocycles. The lowest BCUT2D eigenvalue weighted by Crippen LogP contribution is -2.24. The van der Waals surface area contributed by atoms with E-state index in [0.717, 1.165) is 46.4 Å². The number of carbonyl (C=O) groups excluding carboxylic acids is 1. The van der Waals surface area contributed by atoms with E-state index >= 15 is 0 Å². The molecular formula is C16H18ClN3OS2. The van der Waals surface area contributed by atoms with Crippen LogP contribution in [0.25, 0.3) is 0 Å². The number of rotatable bonds is 5. The molecule has 1 saturated carbocycles. The largest absolute Gasteiger partial charge is 0.300 e. The minimum Gasteiger partial charge on any atom is -0.300 e. The molecular weight excluding hydrogens is 350 g/mol. The van der Waals surface area contributed by atoms with Crippen molar-refractivity contribution in [3.8, 4) is 0 Å². The highest BCUT2D eigenvalue weighted by molar-refractivity contribution is 7.98. The highest BCUT2D eigenvalue weighted by Crippen LogP contribution is 2.28. The van der Waals surface area contributed by atoms with E-state index in [1.165, 1.54) is 17.8 Å². The van der Waals surface area contributed by atoms with Crippen molar-refractivity contribution in [2.75, 3.05) is 5.32 Å². The third-order valence-electron chi connectivity index (χ3n) is 3.85. The van der Waals surface area contributed by atoms with Gasteiger partial charge in [0.15, 0.2) is 0 Å². The Morgan fingerprint density at radius 1 is 1.22 bits per heavy atom. The zero-order valence-electron chi connectivity index (χ0n) is 12.6. The third-order valence-corrected chi connectivity index (χ3v) is 6.15. The van der Waals surface area contributed by atoms with E-state index in [1.54, 1.807) is 11.8 Å². The van der Waals surface area contributed by atoms with Crippen LogP contribution in [0.4, 0.5) is 5.13 Å². The van der Waals surface area contributed by atoms with Gasteiger partial charge in [-0.1, -0.05) is 42.2 Å². The number of nitrogens with zero attached hydrogens (tertiary/aromatic N) is 2. The molecule has 0 spiro atoms. The fraction of sp³-hybridized carbons (Fsp3) is 0.438. The van der Waals surface area contributed by atoms with Gasteiger partial charge in [-0.3, -0.25) is 4.79 Å². The molecule has 122 valence electrons. The number of aromatic nitrogens is 2. The number of anilines is 1. The van der Waals surface area contributed by atoms with Gasteiger partial charge in [0.1, 0.15) is 5.01 Å². The summed E-state index contributed by atoms with van der Waals surface area (Å²) >= 11 is 9.00. The first kappa shape index (κ1) is 16.7. The van der Waals surface area contributed by atoms with Crippen LogP contribution >= 0.6 is 34.7 Å². The summed E-state index contributed by atoms with van der Waals surface area (Å²) < 4.78 is 0. The van der Waals surface area contributed by atoms with Crippen LogP contribution in [0.3, 0.4) is 0 Å². The molecule has 1 fully saturated rings. The van der Waals surface area contributed by atoms with Crippen LogP contribution in [0.1, 0.15) is 37.1 Å². The molecule has 0 radical (unpaired) electrons. The Balaban J connectivity index is 1.51. The van der Waals surface area contributed by atoms with Crippen LogP contribution in [-0.2, 0) is 10.5 Å². The maximum atomic E-state index is 12.2. The molecule has 0 unspecified atom stereocenters. The van der Waals surface area contributed by atoms with Crippen molar-refractivity contribution in [2.45, 2.75) is 42.8 Å². The topological polar surface area (TPSA) is 54.9 Å². The van der Waals surface area contributed by atoms with Crippen LogP contribution in [0, 0.1) is 5.92 Å². The van der Waals surface area contributed by atoms with Gasteiger partial charge < -0.3 is 5.32 Å². The smallest absolute Gasteiger partial charge is 0.229 e. The van der Waals surface area contributed by atoms with Crippen molar-refractivity contribution in [1.29, 1.82) is 0 Å². The monoisotopic (exact) mass is 367 g/mol.